The lowest BCUT2D eigenvalue weighted by Crippen LogP contribution is -2.02. The van der Waals surface area contributed by atoms with Gasteiger partial charge in [0.1, 0.15) is 23.6 Å². The standard InChI is InChI=1S/C16H16BrN5O/c1-10(2)23-12-5-3-11(4-6-12)14-13-15(18)19-9-20-16(13)22(21-14)8-7-17/h3-6,9H,1,7-8H2,2H3,(H2,18,19,20). The van der Waals surface area contributed by atoms with Crippen LogP contribution in [0.4, 0.5) is 5.82 Å². The van der Waals surface area contributed by atoms with Crippen molar-refractivity contribution in [1.82, 2.24) is 19.7 Å². The van der Waals surface area contributed by atoms with Gasteiger partial charge in [-0.2, -0.15) is 5.10 Å². The maximum absolute atomic E-state index is 6.05. The summed E-state index contributed by atoms with van der Waals surface area (Å²) in [6, 6.07) is 7.62. The molecule has 23 heavy (non-hydrogen) atoms. The number of hydrogen-bond donors (Lipinski definition) is 1. The maximum atomic E-state index is 6.05. The van der Waals surface area contributed by atoms with Gasteiger partial charge in [0.05, 0.1) is 17.7 Å². The van der Waals surface area contributed by atoms with Crippen LogP contribution in [-0.2, 0) is 6.54 Å². The van der Waals surface area contributed by atoms with Gasteiger partial charge in [-0.15, -0.1) is 0 Å². The van der Waals surface area contributed by atoms with E-state index in [0.29, 0.717) is 18.1 Å². The zero-order valence-corrected chi connectivity index (χ0v) is 14.2. The molecule has 0 radical (unpaired) electrons. The molecule has 2 aromatic heterocycles. The van der Waals surface area contributed by atoms with Crippen LogP contribution in [-0.4, -0.2) is 25.1 Å². The molecule has 0 saturated heterocycles. The van der Waals surface area contributed by atoms with Crippen LogP contribution in [0.1, 0.15) is 6.92 Å². The van der Waals surface area contributed by atoms with E-state index in [0.717, 1.165) is 33.4 Å². The van der Waals surface area contributed by atoms with Crippen LogP contribution in [0.5, 0.6) is 5.75 Å². The minimum absolute atomic E-state index is 0.424. The number of nitrogen functional groups attached to an aromatic ring is 1. The quantitative estimate of drug-likeness (QED) is 0.547. The molecule has 118 valence electrons. The van der Waals surface area contributed by atoms with Crippen LogP contribution < -0.4 is 10.5 Å². The molecule has 0 bridgehead atoms. The molecular formula is C16H16BrN5O. The molecule has 0 saturated carbocycles. The Morgan fingerprint density at radius 1 is 1.30 bits per heavy atom. The number of fused-ring (bicyclic) bond motifs is 1. The highest BCUT2D eigenvalue weighted by molar-refractivity contribution is 9.09. The van der Waals surface area contributed by atoms with Crippen molar-refractivity contribution in [3.8, 4) is 17.0 Å². The first-order valence-electron chi connectivity index (χ1n) is 7.07. The third-order valence-electron chi connectivity index (χ3n) is 3.27. The number of benzene rings is 1. The molecular weight excluding hydrogens is 358 g/mol. The predicted molar refractivity (Wildman–Crippen MR) is 94.4 cm³/mol. The summed E-state index contributed by atoms with van der Waals surface area (Å²) < 4.78 is 7.31. The summed E-state index contributed by atoms with van der Waals surface area (Å²) in [5.41, 5.74) is 8.47. The second-order valence-corrected chi connectivity index (χ2v) is 5.84. The third kappa shape index (κ3) is 3.05. The Morgan fingerprint density at radius 3 is 2.70 bits per heavy atom. The molecule has 6 nitrogen and oxygen atoms in total. The van der Waals surface area contributed by atoms with E-state index in [4.69, 9.17) is 10.5 Å². The first-order valence-corrected chi connectivity index (χ1v) is 8.19. The Labute approximate surface area is 142 Å². The lowest BCUT2D eigenvalue weighted by atomic mass is 10.1. The molecule has 0 unspecified atom stereocenters. The Kier molecular flexibility index (Phi) is 4.29. The molecule has 0 atom stereocenters. The van der Waals surface area contributed by atoms with E-state index < -0.39 is 0 Å². The van der Waals surface area contributed by atoms with Crippen molar-refractivity contribution in [3.05, 3.63) is 42.9 Å². The Morgan fingerprint density at radius 2 is 2.04 bits per heavy atom. The number of nitrogens with zero attached hydrogens (tertiary/aromatic N) is 4. The van der Waals surface area contributed by atoms with E-state index in [9.17, 15) is 0 Å². The molecule has 1 aromatic carbocycles. The van der Waals surface area contributed by atoms with Crippen molar-refractivity contribution in [3.63, 3.8) is 0 Å². The summed E-state index contributed by atoms with van der Waals surface area (Å²) in [6.07, 6.45) is 1.46. The van der Waals surface area contributed by atoms with Crippen LogP contribution >= 0.6 is 15.9 Å². The number of allylic oxidation sites excluding steroid dienone is 1. The molecule has 0 aliphatic rings. The molecule has 7 heteroatoms. The molecule has 3 rings (SSSR count). The van der Waals surface area contributed by atoms with Gasteiger partial charge in [0.25, 0.3) is 0 Å². The zero-order chi connectivity index (χ0) is 16.4. The molecule has 0 amide bonds. The van der Waals surface area contributed by atoms with E-state index in [2.05, 4.69) is 37.6 Å². The Hall–Kier alpha value is -2.41. The average Bonchev–Trinajstić information content (AvgIpc) is 2.88. The number of rotatable bonds is 5. The van der Waals surface area contributed by atoms with Gasteiger partial charge in [0.15, 0.2) is 5.65 Å². The summed E-state index contributed by atoms with van der Waals surface area (Å²) in [5, 5.41) is 6.19. The minimum atomic E-state index is 0.424. The summed E-state index contributed by atoms with van der Waals surface area (Å²) in [7, 11) is 0. The van der Waals surface area contributed by atoms with Gasteiger partial charge in [-0.1, -0.05) is 22.5 Å². The summed E-state index contributed by atoms with van der Waals surface area (Å²) in [6.45, 7) is 6.24. The predicted octanol–water partition coefficient (Wildman–Crippen LogP) is 3.38. The van der Waals surface area contributed by atoms with E-state index in [1.807, 2.05) is 28.9 Å². The lowest BCUT2D eigenvalue weighted by Gasteiger charge is -2.05. The monoisotopic (exact) mass is 373 g/mol. The van der Waals surface area contributed by atoms with Crippen molar-refractivity contribution >= 4 is 32.8 Å². The second-order valence-electron chi connectivity index (χ2n) is 5.05. The van der Waals surface area contributed by atoms with Crippen molar-refractivity contribution in [2.75, 3.05) is 11.1 Å². The summed E-state index contributed by atoms with van der Waals surface area (Å²) in [5.74, 6) is 1.80. The van der Waals surface area contributed by atoms with Crippen LogP contribution in [0.25, 0.3) is 22.3 Å². The topological polar surface area (TPSA) is 78.8 Å². The van der Waals surface area contributed by atoms with Crippen molar-refractivity contribution in [2.24, 2.45) is 0 Å². The lowest BCUT2D eigenvalue weighted by molar-refractivity contribution is 0.430. The van der Waals surface area contributed by atoms with Crippen molar-refractivity contribution in [1.29, 1.82) is 0 Å². The normalized spacial score (nSPS) is 10.9. The van der Waals surface area contributed by atoms with Crippen molar-refractivity contribution < 1.29 is 4.74 Å². The first kappa shape index (κ1) is 15.5. The fraction of sp³-hybridized carbons (Fsp3) is 0.188. The maximum Gasteiger partial charge on any atom is 0.163 e. The van der Waals surface area contributed by atoms with Gasteiger partial charge in [0.2, 0.25) is 0 Å². The van der Waals surface area contributed by atoms with Crippen LogP contribution in [0.3, 0.4) is 0 Å². The molecule has 0 aliphatic heterocycles. The SMILES string of the molecule is C=C(C)Oc1ccc(-c2nn(CCBr)c3ncnc(N)c23)cc1. The van der Waals surface area contributed by atoms with Crippen molar-refractivity contribution in [2.45, 2.75) is 13.5 Å². The second kappa shape index (κ2) is 6.37. The Balaban J connectivity index is 2.10. The molecule has 0 fully saturated rings. The number of halogens is 1. The smallest absolute Gasteiger partial charge is 0.163 e. The van der Waals surface area contributed by atoms with E-state index in [1.165, 1.54) is 6.33 Å². The molecule has 0 spiro atoms. The van der Waals surface area contributed by atoms with E-state index >= 15 is 0 Å². The number of aryl methyl sites for hydroxylation is 1. The van der Waals surface area contributed by atoms with Gasteiger partial charge in [-0.3, -0.25) is 0 Å². The van der Waals surface area contributed by atoms with Crippen LogP contribution in [0.2, 0.25) is 0 Å². The summed E-state index contributed by atoms with van der Waals surface area (Å²) in [4.78, 5) is 8.41. The van der Waals surface area contributed by atoms with Gasteiger partial charge < -0.3 is 10.5 Å². The number of nitrogens with two attached hydrogens (primary N) is 1. The zero-order valence-electron chi connectivity index (χ0n) is 12.7. The Bertz CT molecular complexity index is 857. The van der Waals surface area contributed by atoms with E-state index in [1.54, 1.807) is 6.92 Å². The highest BCUT2D eigenvalue weighted by Crippen LogP contribution is 2.31. The number of aromatic nitrogens is 4. The highest BCUT2D eigenvalue weighted by Gasteiger charge is 2.16. The number of hydrogen-bond acceptors (Lipinski definition) is 5. The largest absolute Gasteiger partial charge is 0.463 e. The fourth-order valence-corrected chi connectivity index (χ4v) is 2.69. The van der Waals surface area contributed by atoms with Crippen LogP contribution in [0, 0.1) is 0 Å². The molecule has 2 N–H and O–H groups in total. The van der Waals surface area contributed by atoms with Gasteiger partial charge in [-0.25, -0.2) is 14.6 Å². The summed E-state index contributed by atoms with van der Waals surface area (Å²) >= 11 is 3.43. The molecule has 2 heterocycles. The fourth-order valence-electron chi connectivity index (χ4n) is 2.35. The van der Waals surface area contributed by atoms with Crippen LogP contribution in [0.15, 0.2) is 42.9 Å². The van der Waals surface area contributed by atoms with E-state index in [-0.39, 0.29) is 0 Å². The van der Waals surface area contributed by atoms with Gasteiger partial charge >= 0.3 is 0 Å². The average molecular weight is 374 g/mol. The number of ether oxygens (including phenoxy) is 1. The molecule has 0 aliphatic carbocycles. The third-order valence-corrected chi connectivity index (χ3v) is 3.63. The van der Waals surface area contributed by atoms with Gasteiger partial charge in [-0.05, 0) is 31.2 Å². The van der Waals surface area contributed by atoms with Gasteiger partial charge in [0, 0.05) is 10.9 Å². The number of anilines is 1. The number of alkyl halides is 1. The highest BCUT2D eigenvalue weighted by atomic mass is 79.9. The minimum Gasteiger partial charge on any atom is -0.463 e. The molecule has 3 aromatic rings. The first-order chi connectivity index (χ1) is 11.1.